The molecule has 0 saturated carbocycles. The van der Waals surface area contributed by atoms with Gasteiger partial charge >= 0.3 is 5.97 Å². The Labute approximate surface area is 135 Å². The van der Waals surface area contributed by atoms with Crippen LogP contribution >= 0.6 is 23.2 Å². The van der Waals surface area contributed by atoms with E-state index in [4.69, 9.17) is 23.2 Å². The molecule has 0 unspecified atom stereocenters. The van der Waals surface area contributed by atoms with Crippen molar-refractivity contribution in [1.82, 2.24) is 4.90 Å². The van der Waals surface area contributed by atoms with Crippen molar-refractivity contribution < 1.29 is 14.3 Å². The SMILES string of the molecule is CCCN(CC(=O)OC)C(=O)CCc1ccc(Cl)cc1Cl. The van der Waals surface area contributed by atoms with E-state index in [1.807, 2.05) is 13.0 Å². The third-order valence-corrected chi connectivity index (χ3v) is 3.60. The lowest BCUT2D eigenvalue weighted by Gasteiger charge is -2.20. The van der Waals surface area contributed by atoms with Gasteiger partial charge in [0.15, 0.2) is 0 Å². The van der Waals surface area contributed by atoms with E-state index < -0.39 is 5.97 Å². The Morgan fingerprint density at radius 1 is 1.29 bits per heavy atom. The molecule has 0 radical (unpaired) electrons. The van der Waals surface area contributed by atoms with E-state index in [-0.39, 0.29) is 12.5 Å². The third kappa shape index (κ3) is 5.94. The maximum atomic E-state index is 12.2. The summed E-state index contributed by atoms with van der Waals surface area (Å²) in [4.78, 5) is 25.0. The predicted octanol–water partition coefficient (Wildman–Crippen LogP) is 3.34. The third-order valence-electron chi connectivity index (χ3n) is 3.02. The van der Waals surface area contributed by atoms with Gasteiger partial charge < -0.3 is 9.64 Å². The minimum absolute atomic E-state index is 0.0163. The molecular weight excluding hydrogens is 313 g/mol. The Morgan fingerprint density at radius 2 is 2.00 bits per heavy atom. The maximum Gasteiger partial charge on any atom is 0.325 e. The molecule has 0 spiro atoms. The Balaban J connectivity index is 2.62. The fourth-order valence-corrected chi connectivity index (χ4v) is 2.41. The molecule has 4 nitrogen and oxygen atoms in total. The predicted molar refractivity (Wildman–Crippen MR) is 83.7 cm³/mol. The molecule has 0 aliphatic rings. The molecule has 0 N–H and O–H groups in total. The number of halogens is 2. The fraction of sp³-hybridized carbons (Fsp3) is 0.467. The number of ether oxygens (including phenoxy) is 1. The summed E-state index contributed by atoms with van der Waals surface area (Å²) < 4.78 is 4.60. The standard InChI is InChI=1S/C15H19Cl2NO3/c1-3-8-18(10-15(20)21-2)14(19)7-5-11-4-6-12(16)9-13(11)17/h4,6,9H,3,5,7-8,10H2,1-2H3. The van der Waals surface area contributed by atoms with Crippen molar-refractivity contribution in [2.45, 2.75) is 26.2 Å². The van der Waals surface area contributed by atoms with Crippen molar-refractivity contribution >= 4 is 35.1 Å². The number of carbonyl (C=O) groups excluding carboxylic acids is 2. The van der Waals surface area contributed by atoms with Gasteiger partial charge in [-0.05, 0) is 30.5 Å². The first kappa shape index (κ1) is 17.8. The average Bonchev–Trinajstić information content (AvgIpc) is 2.45. The smallest absolute Gasteiger partial charge is 0.325 e. The zero-order valence-corrected chi connectivity index (χ0v) is 13.7. The van der Waals surface area contributed by atoms with Crippen LogP contribution in [0.15, 0.2) is 18.2 Å². The number of carbonyl (C=O) groups is 2. The van der Waals surface area contributed by atoms with Crippen LogP contribution < -0.4 is 0 Å². The molecule has 0 saturated heterocycles. The van der Waals surface area contributed by atoms with E-state index in [9.17, 15) is 9.59 Å². The molecule has 1 aromatic carbocycles. The van der Waals surface area contributed by atoms with Crippen LogP contribution in [0.4, 0.5) is 0 Å². The molecule has 1 amide bonds. The van der Waals surface area contributed by atoms with Crippen LogP contribution in [0.1, 0.15) is 25.3 Å². The minimum Gasteiger partial charge on any atom is -0.468 e. The van der Waals surface area contributed by atoms with Gasteiger partial charge in [0, 0.05) is 23.0 Å². The molecule has 6 heteroatoms. The summed E-state index contributed by atoms with van der Waals surface area (Å²) in [5.74, 6) is -0.505. The van der Waals surface area contributed by atoms with Gasteiger partial charge in [-0.25, -0.2) is 0 Å². The van der Waals surface area contributed by atoms with Crippen LogP contribution in [0.5, 0.6) is 0 Å². The lowest BCUT2D eigenvalue weighted by molar-refractivity contribution is -0.147. The Morgan fingerprint density at radius 3 is 2.57 bits per heavy atom. The number of rotatable bonds is 7. The van der Waals surface area contributed by atoms with Crippen LogP contribution in [0.3, 0.4) is 0 Å². The van der Waals surface area contributed by atoms with Gasteiger partial charge in [-0.15, -0.1) is 0 Å². The van der Waals surface area contributed by atoms with Crippen LogP contribution in [0.25, 0.3) is 0 Å². The lowest BCUT2D eigenvalue weighted by atomic mass is 10.1. The van der Waals surface area contributed by atoms with Crippen LogP contribution in [-0.4, -0.2) is 37.0 Å². The maximum absolute atomic E-state index is 12.2. The largest absolute Gasteiger partial charge is 0.468 e. The Kier molecular flexibility index (Phi) is 7.54. The van der Waals surface area contributed by atoms with E-state index in [2.05, 4.69) is 4.74 Å². The van der Waals surface area contributed by atoms with Gasteiger partial charge in [0.25, 0.3) is 0 Å². The molecule has 0 atom stereocenters. The zero-order valence-electron chi connectivity index (χ0n) is 12.2. The highest BCUT2D eigenvalue weighted by atomic mass is 35.5. The number of amides is 1. The molecule has 0 aromatic heterocycles. The monoisotopic (exact) mass is 331 g/mol. The molecule has 0 fully saturated rings. The number of esters is 1. The van der Waals surface area contributed by atoms with Crippen molar-refractivity contribution in [2.24, 2.45) is 0 Å². The van der Waals surface area contributed by atoms with Gasteiger partial charge in [0.1, 0.15) is 6.54 Å². The van der Waals surface area contributed by atoms with E-state index in [0.717, 1.165) is 12.0 Å². The van der Waals surface area contributed by atoms with Crippen molar-refractivity contribution in [3.8, 4) is 0 Å². The Hall–Kier alpha value is -1.26. The number of hydrogen-bond donors (Lipinski definition) is 0. The molecule has 116 valence electrons. The van der Waals surface area contributed by atoms with Gasteiger partial charge in [-0.1, -0.05) is 36.2 Å². The normalized spacial score (nSPS) is 10.3. The number of methoxy groups -OCH3 is 1. The van der Waals surface area contributed by atoms with Crippen molar-refractivity contribution in [1.29, 1.82) is 0 Å². The van der Waals surface area contributed by atoms with Gasteiger partial charge in [-0.3, -0.25) is 9.59 Å². The molecule has 21 heavy (non-hydrogen) atoms. The zero-order chi connectivity index (χ0) is 15.8. The second kappa shape index (κ2) is 8.90. The summed E-state index contributed by atoms with van der Waals surface area (Å²) in [6.07, 6.45) is 1.58. The lowest BCUT2D eigenvalue weighted by Crippen LogP contribution is -2.36. The van der Waals surface area contributed by atoms with Crippen LogP contribution in [-0.2, 0) is 20.7 Å². The average molecular weight is 332 g/mol. The van der Waals surface area contributed by atoms with Crippen molar-refractivity contribution in [3.05, 3.63) is 33.8 Å². The second-order valence-corrected chi connectivity index (χ2v) is 5.47. The summed E-state index contributed by atoms with van der Waals surface area (Å²) >= 11 is 11.9. The highest BCUT2D eigenvalue weighted by molar-refractivity contribution is 6.35. The molecule has 1 rings (SSSR count). The molecule has 0 aliphatic heterocycles. The van der Waals surface area contributed by atoms with Gasteiger partial charge in [0.05, 0.1) is 7.11 Å². The van der Waals surface area contributed by atoms with Crippen molar-refractivity contribution in [2.75, 3.05) is 20.2 Å². The number of hydrogen-bond acceptors (Lipinski definition) is 3. The summed E-state index contributed by atoms with van der Waals surface area (Å²) in [6, 6.07) is 5.20. The van der Waals surface area contributed by atoms with Gasteiger partial charge in [0.2, 0.25) is 5.91 Å². The summed E-state index contributed by atoms with van der Waals surface area (Å²) in [6.45, 7) is 2.47. The molecular formula is C15H19Cl2NO3. The quantitative estimate of drug-likeness (QED) is 0.720. The number of nitrogens with zero attached hydrogens (tertiary/aromatic N) is 1. The first-order valence-electron chi connectivity index (χ1n) is 6.76. The highest BCUT2D eigenvalue weighted by Gasteiger charge is 2.17. The first-order valence-corrected chi connectivity index (χ1v) is 7.52. The Bertz CT molecular complexity index is 506. The van der Waals surface area contributed by atoms with Crippen molar-refractivity contribution in [3.63, 3.8) is 0 Å². The topological polar surface area (TPSA) is 46.6 Å². The van der Waals surface area contributed by atoms with E-state index in [1.54, 1.807) is 12.1 Å². The summed E-state index contributed by atoms with van der Waals surface area (Å²) in [7, 11) is 1.31. The van der Waals surface area contributed by atoms with Crippen LogP contribution in [0.2, 0.25) is 10.0 Å². The number of benzene rings is 1. The highest BCUT2D eigenvalue weighted by Crippen LogP contribution is 2.22. The summed E-state index contributed by atoms with van der Waals surface area (Å²) in [5, 5.41) is 1.11. The fourth-order valence-electron chi connectivity index (χ4n) is 1.91. The van der Waals surface area contributed by atoms with Crippen LogP contribution in [0, 0.1) is 0 Å². The second-order valence-electron chi connectivity index (χ2n) is 4.63. The van der Waals surface area contributed by atoms with Gasteiger partial charge in [-0.2, -0.15) is 0 Å². The first-order chi connectivity index (χ1) is 9.97. The minimum atomic E-state index is -0.415. The van der Waals surface area contributed by atoms with E-state index in [1.165, 1.54) is 12.0 Å². The molecule has 0 bridgehead atoms. The molecule has 0 aliphatic carbocycles. The van der Waals surface area contributed by atoms with E-state index in [0.29, 0.717) is 29.4 Å². The summed E-state index contributed by atoms with van der Waals surface area (Å²) in [5.41, 5.74) is 0.865. The molecule has 1 aromatic rings. The molecule has 0 heterocycles. The van der Waals surface area contributed by atoms with E-state index >= 15 is 0 Å². The number of aryl methyl sites for hydroxylation is 1.